The second-order valence-corrected chi connectivity index (χ2v) is 10.2. The number of hydrogen-bond donors (Lipinski definition) is 1. The summed E-state index contributed by atoms with van der Waals surface area (Å²) in [5.41, 5.74) is 2.87. The topological polar surface area (TPSA) is 85.8 Å². The lowest BCUT2D eigenvalue weighted by molar-refractivity contribution is 0.0908. The fourth-order valence-corrected chi connectivity index (χ4v) is 5.22. The summed E-state index contributed by atoms with van der Waals surface area (Å²) in [6, 6.07) is 23.6. The molecule has 1 N–H and O–H groups in total. The lowest BCUT2D eigenvalue weighted by atomic mass is 10.0. The number of hydrogen-bond acceptors (Lipinski definition) is 8. The van der Waals surface area contributed by atoms with Gasteiger partial charge in [-0.15, -0.1) is 0 Å². The Hall–Kier alpha value is -3.95. The molecule has 1 aliphatic heterocycles. The molecule has 2 heterocycles. The van der Waals surface area contributed by atoms with Crippen molar-refractivity contribution in [2.24, 2.45) is 0 Å². The Morgan fingerprint density at radius 2 is 1.74 bits per heavy atom. The first-order valence-electron chi connectivity index (χ1n) is 13.0. The maximum absolute atomic E-state index is 13.1. The van der Waals surface area contributed by atoms with Gasteiger partial charge in [-0.3, -0.25) is 9.69 Å². The lowest BCUT2D eigenvalue weighted by Crippen LogP contribution is -2.44. The van der Waals surface area contributed by atoms with Crippen molar-refractivity contribution in [1.29, 1.82) is 0 Å². The molecule has 8 nitrogen and oxygen atoms in total. The Balaban J connectivity index is 1.18. The molecule has 1 aliphatic rings. The van der Waals surface area contributed by atoms with Gasteiger partial charge in [-0.1, -0.05) is 42.5 Å². The van der Waals surface area contributed by atoms with Gasteiger partial charge in [0.15, 0.2) is 17.3 Å². The van der Waals surface area contributed by atoms with Crippen LogP contribution in [0.3, 0.4) is 0 Å². The summed E-state index contributed by atoms with van der Waals surface area (Å²) >= 11 is 1.16. The zero-order valence-corrected chi connectivity index (χ0v) is 22.9. The first kappa shape index (κ1) is 26.6. The van der Waals surface area contributed by atoms with Gasteiger partial charge in [-0.25, -0.2) is 0 Å². The van der Waals surface area contributed by atoms with E-state index in [4.69, 9.17) is 14.2 Å². The number of piperidine rings is 1. The van der Waals surface area contributed by atoms with E-state index in [2.05, 4.69) is 43.8 Å². The molecule has 202 valence electrons. The number of nitrogens with zero attached hydrogens (tertiary/aromatic N) is 3. The third kappa shape index (κ3) is 7.13. The molecule has 9 heteroatoms. The van der Waals surface area contributed by atoms with Gasteiger partial charge in [0.1, 0.15) is 5.75 Å². The molecule has 39 heavy (non-hydrogen) atoms. The van der Waals surface area contributed by atoms with Crippen LogP contribution in [0.4, 0.5) is 0 Å². The molecule has 0 saturated carbocycles. The monoisotopic (exact) mass is 544 g/mol. The molecular weight excluding hydrogens is 512 g/mol. The minimum absolute atomic E-state index is 0.125. The van der Waals surface area contributed by atoms with E-state index in [9.17, 15) is 4.79 Å². The molecule has 0 unspecified atom stereocenters. The summed E-state index contributed by atoms with van der Waals surface area (Å²) in [6.45, 7) is 2.84. The van der Waals surface area contributed by atoms with Crippen molar-refractivity contribution in [3.8, 4) is 22.4 Å². The SMILES string of the molecule is COc1cccc(Cc2nsc(Oc3cc(C(=O)NC4CCN(Cc5ccccc5)CC4)ccc3OC)n2)c1. The van der Waals surface area contributed by atoms with Crippen LogP contribution in [-0.2, 0) is 13.0 Å². The molecule has 1 amide bonds. The molecule has 0 radical (unpaired) electrons. The summed E-state index contributed by atoms with van der Waals surface area (Å²) in [4.78, 5) is 20.0. The zero-order chi connectivity index (χ0) is 27.0. The van der Waals surface area contributed by atoms with Crippen molar-refractivity contribution in [3.05, 3.63) is 95.3 Å². The standard InChI is InChI=1S/C30H32N4O4S/c1-36-25-10-6-9-22(17-25)18-28-32-30(39-33-28)38-27-19-23(11-12-26(27)37-2)29(35)31-24-13-15-34(16-14-24)20-21-7-4-3-5-8-21/h3-12,17,19,24H,13-16,18,20H2,1-2H3,(H,31,35). The van der Waals surface area contributed by atoms with Crippen LogP contribution in [0.5, 0.6) is 22.4 Å². The van der Waals surface area contributed by atoms with Crippen molar-refractivity contribution in [2.75, 3.05) is 27.3 Å². The summed E-state index contributed by atoms with van der Waals surface area (Å²) in [6.07, 6.45) is 2.39. The highest BCUT2D eigenvalue weighted by Gasteiger charge is 2.22. The predicted octanol–water partition coefficient (Wildman–Crippen LogP) is 5.33. The average Bonchev–Trinajstić information content (AvgIpc) is 3.41. The van der Waals surface area contributed by atoms with Gasteiger partial charge in [-0.05, 0) is 54.3 Å². The molecule has 0 aliphatic carbocycles. The molecular formula is C30H32N4O4S. The Bertz CT molecular complexity index is 1390. The summed E-state index contributed by atoms with van der Waals surface area (Å²) < 4.78 is 21.2. The quantitative estimate of drug-likeness (QED) is 0.289. The number of rotatable bonds is 10. The summed E-state index contributed by atoms with van der Waals surface area (Å²) in [5, 5.41) is 3.58. The molecule has 1 saturated heterocycles. The fraction of sp³-hybridized carbons (Fsp3) is 0.300. The second kappa shape index (κ2) is 12.7. The van der Waals surface area contributed by atoms with E-state index in [1.165, 1.54) is 5.56 Å². The van der Waals surface area contributed by atoms with Crippen LogP contribution in [0.25, 0.3) is 0 Å². The summed E-state index contributed by atoms with van der Waals surface area (Å²) in [7, 11) is 3.21. The first-order valence-corrected chi connectivity index (χ1v) is 13.8. The number of benzene rings is 3. The predicted molar refractivity (Wildman–Crippen MR) is 151 cm³/mol. The van der Waals surface area contributed by atoms with Gasteiger partial charge >= 0.3 is 0 Å². The fourth-order valence-electron chi connectivity index (χ4n) is 4.65. The molecule has 1 aromatic heterocycles. The number of carbonyl (C=O) groups excluding carboxylic acids is 1. The van der Waals surface area contributed by atoms with E-state index >= 15 is 0 Å². The lowest BCUT2D eigenvalue weighted by Gasteiger charge is -2.32. The van der Waals surface area contributed by atoms with Crippen molar-refractivity contribution < 1.29 is 19.0 Å². The van der Waals surface area contributed by atoms with E-state index in [1.807, 2.05) is 30.3 Å². The number of methoxy groups -OCH3 is 2. The third-order valence-electron chi connectivity index (χ3n) is 6.74. The number of aromatic nitrogens is 2. The van der Waals surface area contributed by atoms with E-state index in [-0.39, 0.29) is 11.9 Å². The minimum Gasteiger partial charge on any atom is -0.497 e. The average molecular weight is 545 g/mol. The zero-order valence-electron chi connectivity index (χ0n) is 22.1. The highest BCUT2D eigenvalue weighted by Crippen LogP contribution is 2.33. The Kier molecular flexibility index (Phi) is 8.70. The van der Waals surface area contributed by atoms with Crippen molar-refractivity contribution >= 4 is 17.4 Å². The van der Waals surface area contributed by atoms with Crippen LogP contribution < -0.4 is 19.5 Å². The van der Waals surface area contributed by atoms with Crippen LogP contribution in [0, 0.1) is 0 Å². The molecule has 1 fully saturated rings. The van der Waals surface area contributed by atoms with Gasteiger partial charge in [0.2, 0.25) is 0 Å². The molecule has 0 bridgehead atoms. The van der Waals surface area contributed by atoms with E-state index < -0.39 is 0 Å². The van der Waals surface area contributed by atoms with Gasteiger partial charge in [0.05, 0.1) is 14.2 Å². The first-order chi connectivity index (χ1) is 19.1. The maximum Gasteiger partial charge on any atom is 0.298 e. The Morgan fingerprint density at radius 1 is 0.949 bits per heavy atom. The Labute approximate surface area is 232 Å². The van der Waals surface area contributed by atoms with Crippen LogP contribution >= 0.6 is 11.5 Å². The summed E-state index contributed by atoms with van der Waals surface area (Å²) in [5.74, 6) is 2.25. The van der Waals surface area contributed by atoms with Crippen LogP contribution in [0.2, 0.25) is 0 Å². The van der Waals surface area contributed by atoms with Crippen molar-refractivity contribution in [2.45, 2.75) is 31.8 Å². The van der Waals surface area contributed by atoms with Gasteiger partial charge in [0.25, 0.3) is 11.1 Å². The smallest absolute Gasteiger partial charge is 0.298 e. The van der Waals surface area contributed by atoms with Crippen LogP contribution in [0.1, 0.15) is 40.2 Å². The van der Waals surface area contributed by atoms with E-state index in [0.29, 0.717) is 34.5 Å². The number of ether oxygens (including phenoxy) is 3. The van der Waals surface area contributed by atoms with E-state index in [1.54, 1.807) is 32.4 Å². The largest absolute Gasteiger partial charge is 0.497 e. The Morgan fingerprint density at radius 3 is 2.51 bits per heavy atom. The van der Waals surface area contributed by atoms with Crippen LogP contribution in [0.15, 0.2) is 72.8 Å². The molecule has 5 rings (SSSR count). The molecule has 3 aromatic carbocycles. The molecule has 0 atom stereocenters. The van der Waals surface area contributed by atoms with Crippen LogP contribution in [-0.4, -0.2) is 53.5 Å². The third-order valence-corrected chi connectivity index (χ3v) is 7.37. The highest BCUT2D eigenvalue weighted by atomic mass is 32.1. The van der Waals surface area contributed by atoms with E-state index in [0.717, 1.165) is 55.3 Å². The van der Waals surface area contributed by atoms with Crippen molar-refractivity contribution in [1.82, 2.24) is 19.6 Å². The second-order valence-electron chi connectivity index (χ2n) is 9.48. The number of likely N-dealkylation sites (tertiary alicyclic amines) is 1. The maximum atomic E-state index is 13.1. The number of nitrogens with one attached hydrogen (secondary N) is 1. The normalized spacial score (nSPS) is 14.1. The van der Waals surface area contributed by atoms with Gasteiger partial charge in [-0.2, -0.15) is 9.36 Å². The minimum atomic E-state index is -0.125. The highest BCUT2D eigenvalue weighted by molar-refractivity contribution is 7.07. The molecule has 4 aromatic rings. The van der Waals surface area contributed by atoms with Gasteiger partial charge in [0, 0.05) is 49.2 Å². The van der Waals surface area contributed by atoms with Crippen molar-refractivity contribution in [3.63, 3.8) is 0 Å². The van der Waals surface area contributed by atoms with Gasteiger partial charge < -0.3 is 19.5 Å². The molecule has 0 spiro atoms. The number of carbonyl (C=O) groups is 1. The number of amides is 1.